The summed E-state index contributed by atoms with van der Waals surface area (Å²) in [5, 5.41) is 9.70. The van der Waals surface area contributed by atoms with Crippen LogP contribution >= 0.6 is 11.8 Å². The van der Waals surface area contributed by atoms with Crippen LogP contribution in [0.15, 0.2) is 23.4 Å². The largest absolute Gasteiger partial charge is 0.481 e. The van der Waals surface area contributed by atoms with Crippen LogP contribution in [0, 0.1) is 5.41 Å². The van der Waals surface area contributed by atoms with Gasteiger partial charge in [0.15, 0.2) is 0 Å². The summed E-state index contributed by atoms with van der Waals surface area (Å²) in [5.41, 5.74) is 5.36. The number of nitrogens with zero attached hydrogens (tertiary/aromatic N) is 1. The van der Waals surface area contributed by atoms with Crippen molar-refractivity contribution in [2.24, 2.45) is 5.41 Å². The Hall–Kier alpha value is -1.23. The highest BCUT2D eigenvalue weighted by molar-refractivity contribution is 7.99. The zero-order valence-corrected chi connectivity index (χ0v) is 9.54. The van der Waals surface area contributed by atoms with Gasteiger partial charge in [-0.25, -0.2) is 4.98 Å². The second-order valence-corrected chi connectivity index (χ2v) is 4.90. The van der Waals surface area contributed by atoms with Crippen molar-refractivity contribution in [3.63, 3.8) is 0 Å². The Bertz CT molecular complexity index is 349. The van der Waals surface area contributed by atoms with Gasteiger partial charge in [-0.1, -0.05) is 0 Å². The Labute approximate surface area is 92.9 Å². The van der Waals surface area contributed by atoms with Gasteiger partial charge in [0, 0.05) is 5.75 Å². The summed E-state index contributed by atoms with van der Waals surface area (Å²) in [5.74, 6) is -0.315. The van der Waals surface area contributed by atoms with E-state index in [0.717, 1.165) is 5.03 Å². The fourth-order valence-corrected chi connectivity index (χ4v) is 1.72. The number of nitrogen functional groups attached to an aromatic ring is 1. The molecule has 0 aliphatic rings. The lowest BCUT2D eigenvalue weighted by molar-refractivity contribution is -0.145. The second kappa shape index (κ2) is 4.53. The van der Waals surface area contributed by atoms with E-state index >= 15 is 0 Å². The van der Waals surface area contributed by atoms with E-state index < -0.39 is 11.4 Å². The molecule has 0 aliphatic carbocycles. The maximum atomic E-state index is 10.8. The summed E-state index contributed by atoms with van der Waals surface area (Å²) >= 11 is 1.42. The van der Waals surface area contributed by atoms with Crippen LogP contribution in [0.3, 0.4) is 0 Å². The lowest BCUT2D eigenvalue weighted by atomic mass is 9.97. The summed E-state index contributed by atoms with van der Waals surface area (Å²) in [7, 11) is 0. The Balaban J connectivity index is 2.57. The SMILES string of the molecule is CC(C)(CSc1ccc(N)cn1)C(=O)O. The fraction of sp³-hybridized carbons (Fsp3) is 0.400. The number of hydrogen-bond acceptors (Lipinski definition) is 4. The molecule has 0 spiro atoms. The van der Waals surface area contributed by atoms with Gasteiger partial charge in [0.2, 0.25) is 0 Å². The summed E-state index contributed by atoms with van der Waals surface area (Å²) < 4.78 is 0. The Morgan fingerprint density at radius 1 is 1.60 bits per heavy atom. The normalized spacial score (nSPS) is 11.3. The van der Waals surface area contributed by atoms with Gasteiger partial charge in [-0.05, 0) is 26.0 Å². The first kappa shape index (κ1) is 11.8. The predicted molar refractivity (Wildman–Crippen MR) is 60.8 cm³/mol. The Morgan fingerprint density at radius 3 is 2.73 bits per heavy atom. The highest BCUT2D eigenvalue weighted by atomic mass is 32.2. The highest BCUT2D eigenvalue weighted by Crippen LogP contribution is 2.26. The van der Waals surface area contributed by atoms with Gasteiger partial charge >= 0.3 is 5.97 Å². The summed E-state index contributed by atoms with van der Waals surface area (Å²) in [6.45, 7) is 3.39. The molecule has 1 heterocycles. The molecule has 15 heavy (non-hydrogen) atoms. The Morgan fingerprint density at radius 2 is 2.27 bits per heavy atom. The van der Waals surface area contributed by atoms with E-state index in [4.69, 9.17) is 10.8 Å². The van der Waals surface area contributed by atoms with E-state index in [2.05, 4.69) is 4.98 Å². The number of pyridine rings is 1. The monoisotopic (exact) mass is 226 g/mol. The molecule has 0 radical (unpaired) electrons. The van der Waals surface area contributed by atoms with Crippen LogP contribution in [0.4, 0.5) is 5.69 Å². The molecular formula is C10H14N2O2S. The first-order chi connectivity index (χ1) is 6.92. The number of carboxylic acids is 1. The minimum Gasteiger partial charge on any atom is -0.481 e. The number of rotatable bonds is 4. The smallest absolute Gasteiger partial charge is 0.309 e. The molecule has 0 atom stereocenters. The first-order valence-corrected chi connectivity index (χ1v) is 5.48. The van der Waals surface area contributed by atoms with Crippen LogP contribution in [0.1, 0.15) is 13.8 Å². The standard InChI is InChI=1S/C10H14N2O2S/c1-10(2,9(13)14)6-15-8-4-3-7(11)5-12-8/h3-5H,6,11H2,1-2H3,(H,13,14). The molecule has 5 heteroatoms. The molecule has 1 aromatic rings. The lowest BCUT2D eigenvalue weighted by Crippen LogP contribution is -2.26. The maximum Gasteiger partial charge on any atom is 0.309 e. The molecule has 0 fully saturated rings. The highest BCUT2D eigenvalue weighted by Gasteiger charge is 2.27. The third-order valence-corrected chi connectivity index (χ3v) is 3.32. The zero-order chi connectivity index (χ0) is 11.5. The van der Waals surface area contributed by atoms with Crippen molar-refractivity contribution in [2.75, 3.05) is 11.5 Å². The van der Waals surface area contributed by atoms with Crippen LogP contribution in [0.25, 0.3) is 0 Å². The summed E-state index contributed by atoms with van der Waals surface area (Å²) in [4.78, 5) is 14.9. The molecule has 0 saturated carbocycles. The molecule has 1 aromatic heterocycles. The van der Waals surface area contributed by atoms with Crippen molar-refractivity contribution in [2.45, 2.75) is 18.9 Å². The van der Waals surface area contributed by atoms with Crippen molar-refractivity contribution >= 4 is 23.4 Å². The minimum absolute atomic E-state index is 0.485. The third-order valence-electron chi connectivity index (χ3n) is 1.92. The molecule has 3 N–H and O–H groups in total. The van der Waals surface area contributed by atoms with E-state index in [1.54, 1.807) is 32.2 Å². The van der Waals surface area contributed by atoms with E-state index in [0.29, 0.717) is 11.4 Å². The maximum absolute atomic E-state index is 10.8. The van der Waals surface area contributed by atoms with Gasteiger partial charge in [-0.3, -0.25) is 4.79 Å². The number of aliphatic carboxylic acids is 1. The van der Waals surface area contributed by atoms with E-state index in [9.17, 15) is 4.79 Å². The van der Waals surface area contributed by atoms with Crippen LogP contribution in [0.5, 0.6) is 0 Å². The van der Waals surface area contributed by atoms with Crippen molar-refractivity contribution in [1.29, 1.82) is 0 Å². The molecule has 1 rings (SSSR count). The van der Waals surface area contributed by atoms with E-state index in [1.165, 1.54) is 11.8 Å². The van der Waals surface area contributed by atoms with Crippen molar-refractivity contribution in [3.05, 3.63) is 18.3 Å². The van der Waals surface area contributed by atoms with Gasteiger partial charge in [0.1, 0.15) is 0 Å². The third kappa shape index (κ3) is 3.43. The zero-order valence-electron chi connectivity index (χ0n) is 8.73. The number of thioether (sulfide) groups is 1. The van der Waals surface area contributed by atoms with Gasteiger partial charge in [-0.2, -0.15) is 0 Å². The quantitative estimate of drug-likeness (QED) is 0.766. The minimum atomic E-state index is -0.801. The van der Waals surface area contributed by atoms with Crippen LogP contribution < -0.4 is 5.73 Å². The van der Waals surface area contributed by atoms with Crippen molar-refractivity contribution < 1.29 is 9.90 Å². The van der Waals surface area contributed by atoms with E-state index in [1.807, 2.05) is 0 Å². The molecular weight excluding hydrogens is 212 g/mol. The molecule has 82 valence electrons. The number of hydrogen-bond donors (Lipinski definition) is 2. The van der Waals surface area contributed by atoms with Crippen LogP contribution in [0.2, 0.25) is 0 Å². The van der Waals surface area contributed by atoms with Crippen LogP contribution in [-0.4, -0.2) is 21.8 Å². The molecule has 0 aromatic carbocycles. The first-order valence-electron chi connectivity index (χ1n) is 4.49. The summed E-state index contributed by atoms with van der Waals surface area (Å²) in [6.07, 6.45) is 1.57. The van der Waals surface area contributed by atoms with Gasteiger partial charge in [0.05, 0.1) is 22.3 Å². The average molecular weight is 226 g/mol. The number of anilines is 1. The molecule has 4 nitrogen and oxygen atoms in total. The molecule has 0 bridgehead atoms. The number of carbonyl (C=O) groups is 1. The molecule has 0 unspecified atom stereocenters. The van der Waals surface area contributed by atoms with Gasteiger partial charge in [-0.15, -0.1) is 11.8 Å². The summed E-state index contributed by atoms with van der Waals surface area (Å²) in [6, 6.07) is 3.54. The average Bonchev–Trinajstić information content (AvgIpc) is 2.17. The molecule has 0 amide bonds. The second-order valence-electron chi connectivity index (χ2n) is 3.91. The van der Waals surface area contributed by atoms with Crippen molar-refractivity contribution in [1.82, 2.24) is 4.98 Å². The van der Waals surface area contributed by atoms with E-state index in [-0.39, 0.29) is 0 Å². The topological polar surface area (TPSA) is 76.2 Å². The van der Waals surface area contributed by atoms with Gasteiger partial charge in [0.25, 0.3) is 0 Å². The predicted octanol–water partition coefficient (Wildman–Crippen LogP) is 1.87. The number of nitrogens with two attached hydrogens (primary N) is 1. The van der Waals surface area contributed by atoms with Crippen LogP contribution in [-0.2, 0) is 4.79 Å². The molecule has 0 aliphatic heterocycles. The molecule has 0 saturated heterocycles. The number of aromatic nitrogens is 1. The van der Waals surface area contributed by atoms with Crippen molar-refractivity contribution in [3.8, 4) is 0 Å². The van der Waals surface area contributed by atoms with Gasteiger partial charge < -0.3 is 10.8 Å². The lowest BCUT2D eigenvalue weighted by Gasteiger charge is -2.17. The Kier molecular flexibility index (Phi) is 3.57. The number of carboxylic acid groups (broad SMARTS) is 1. The fourth-order valence-electron chi connectivity index (χ4n) is 0.793.